The topological polar surface area (TPSA) is 17.8 Å². The summed E-state index contributed by atoms with van der Waals surface area (Å²) in [6.45, 7) is 5.42. The molecule has 0 aliphatic carbocycles. The van der Waals surface area contributed by atoms with Crippen LogP contribution in [0.5, 0.6) is 0 Å². The van der Waals surface area contributed by atoms with Crippen LogP contribution in [0.1, 0.15) is 23.6 Å². The molecule has 2 heteroatoms. The molecule has 0 aromatic carbocycles. The molecular formula is C8H12N2. The molecule has 2 nitrogen and oxygen atoms in total. The van der Waals surface area contributed by atoms with Gasteiger partial charge in [0.25, 0.3) is 0 Å². The maximum Gasteiger partial charge on any atom is 0.109 e. The second kappa shape index (κ2) is 1.84. The Morgan fingerprint density at radius 3 is 2.90 bits per heavy atom. The lowest BCUT2D eigenvalue weighted by molar-refractivity contribution is 0.726. The molecule has 0 spiro atoms. The average molecular weight is 136 g/mol. The molecule has 0 bridgehead atoms. The van der Waals surface area contributed by atoms with Crippen molar-refractivity contribution in [3.8, 4) is 0 Å². The van der Waals surface area contributed by atoms with E-state index in [1.54, 1.807) is 0 Å². The summed E-state index contributed by atoms with van der Waals surface area (Å²) in [5.41, 5.74) is 2.56. The van der Waals surface area contributed by atoms with Crippen molar-refractivity contribution in [2.75, 3.05) is 0 Å². The van der Waals surface area contributed by atoms with E-state index in [1.165, 1.54) is 36.6 Å². The molecule has 1 aromatic heterocycles. The van der Waals surface area contributed by atoms with Gasteiger partial charge in [-0.05, 0) is 20.3 Å². The van der Waals surface area contributed by atoms with Crippen molar-refractivity contribution in [1.29, 1.82) is 0 Å². The first kappa shape index (κ1) is 5.96. The number of rotatable bonds is 0. The molecular weight excluding hydrogens is 124 g/mol. The molecule has 1 aliphatic heterocycles. The van der Waals surface area contributed by atoms with Gasteiger partial charge in [-0.2, -0.15) is 0 Å². The molecule has 10 heavy (non-hydrogen) atoms. The quantitative estimate of drug-likeness (QED) is 0.527. The third-order valence-corrected chi connectivity index (χ3v) is 2.32. The molecule has 2 heterocycles. The summed E-state index contributed by atoms with van der Waals surface area (Å²) in [4.78, 5) is 4.45. The van der Waals surface area contributed by atoms with Crippen LogP contribution in [-0.2, 0) is 13.0 Å². The lowest BCUT2D eigenvalue weighted by Gasteiger charge is -1.97. The summed E-state index contributed by atoms with van der Waals surface area (Å²) in [6.07, 6.45) is 2.46. The fourth-order valence-electron chi connectivity index (χ4n) is 1.61. The second-order valence-corrected chi connectivity index (χ2v) is 2.95. The minimum absolute atomic E-state index is 1.18. The highest BCUT2D eigenvalue weighted by Crippen LogP contribution is 2.17. The van der Waals surface area contributed by atoms with E-state index >= 15 is 0 Å². The molecule has 0 saturated heterocycles. The Hall–Kier alpha value is -0.790. The number of fused-ring (bicyclic) bond motifs is 1. The van der Waals surface area contributed by atoms with E-state index in [2.05, 4.69) is 23.4 Å². The number of aromatic nitrogens is 2. The van der Waals surface area contributed by atoms with E-state index in [0.29, 0.717) is 0 Å². The van der Waals surface area contributed by atoms with Crippen LogP contribution in [0.4, 0.5) is 0 Å². The zero-order valence-corrected chi connectivity index (χ0v) is 6.52. The Morgan fingerprint density at radius 1 is 1.40 bits per heavy atom. The Labute approximate surface area is 60.9 Å². The monoisotopic (exact) mass is 136 g/mol. The SMILES string of the molecule is Cc1nc2n(c1C)CCC2. The standard InChI is InChI=1S/C8H12N2/c1-6-7(2)10-5-3-4-8(10)9-6/h3-5H2,1-2H3. The van der Waals surface area contributed by atoms with Crippen LogP contribution >= 0.6 is 0 Å². The fraction of sp³-hybridized carbons (Fsp3) is 0.625. The number of hydrogen-bond acceptors (Lipinski definition) is 1. The minimum atomic E-state index is 1.18. The maximum absolute atomic E-state index is 4.45. The molecule has 0 atom stereocenters. The van der Waals surface area contributed by atoms with Crippen LogP contribution in [0.25, 0.3) is 0 Å². The van der Waals surface area contributed by atoms with E-state index in [9.17, 15) is 0 Å². The van der Waals surface area contributed by atoms with Gasteiger partial charge in [0, 0.05) is 18.7 Å². The molecule has 1 aromatic rings. The third-order valence-electron chi connectivity index (χ3n) is 2.32. The van der Waals surface area contributed by atoms with Crippen LogP contribution in [0.2, 0.25) is 0 Å². The Balaban J connectivity index is 2.59. The summed E-state index contributed by atoms with van der Waals surface area (Å²) in [7, 11) is 0. The van der Waals surface area contributed by atoms with Gasteiger partial charge in [0.1, 0.15) is 5.82 Å². The van der Waals surface area contributed by atoms with E-state index in [0.717, 1.165) is 0 Å². The predicted molar refractivity (Wildman–Crippen MR) is 40.0 cm³/mol. The average Bonchev–Trinajstić information content (AvgIpc) is 2.41. The van der Waals surface area contributed by atoms with Gasteiger partial charge in [-0.1, -0.05) is 0 Å². The molecule has 0 amide bonds. The third kappa shape index (κ3) is 0.618. The zero-order valence-electron chi connectivity index (χ0n) is 6.52. The Bertz CT molecular complexity index is 260. The van der Waals surface area contributed by atoms with Gasteiger partial charge in [-0.3, -0.25) is 0 Å². The van der Waals surface area contributed by atoms with Crippen LogP contribution in [0, 0.1) is 13.8 Å². The van der Waals surface area contributed by atoms with E-state index in [-0.39, 0.29) is 0 Å². The van der Waals surface area contributed by atoms with Crippen molar-refractivity contribution < 1.29 is 0 Å². The summed E-state index contributed by atoms with van der Waals surface area (Å²) in [5.74, 6) is 1.29. The van der Waals surface area contributed by atoms with Crippen molar-refractivity contribution in [3.63, 3.8) is 0 Å². The number of aryl methyl sites for hydroxylation is 2. The van der Waals surface area contributed by atoms with Gasteiger partial charge in [-0.15, -0.1) is 0 Å². The molecule has 0 saturated carbocycles. The molecule has 1 aliphatic rings. The maximum atomic E-state index is 4.45. The molecule has 54 valence electrons. The van der Waals surface area contributed by atoms with Crippen LogP contribution in [0.3, 0.4) is 0 Å². The molecule has 0 unspecified atom stereocenters. The van der Waals surface area contributed by atoms with E-state index in [4.69, 9.17) is 0 Å². The molecule has 0 radical (unpaired) electrons. The lowest BCUT2D eigenvalue weighted by Crippen LogP contribution is -1.94. The highest BCUT2D eigenvalue weighted by Gasteiger charge is 2.15. The smallest absolute Gasteiger partial charge is 0.109 e. The first-order valence-electron chi connectivity index (χ1n) is 3.81. The van der Waals surface area contributed by atoms with Gasteiger partial charge in [0.2, 0.25) is 0 Å². The highest BCUT2D eigenvalue weighted by atomic mass is 15.1. The van der Waals surface area contributed by atoms with Gasteiger partial charge >= 0.3 is 0 Å². The first-order chi connectivity index (χ1) is 4.79. The van der Waals surface area contributed by atoms with Gasteiger partial charge < -0.3 is 4.57 Å². The largest absolute Gasteiger partial charge is 0.332 e. The van der Waals surface area contributed by atoms with Crippen LogP contribution in [-0.4, -0.2) is 9.55 Å². The summed E-state index contributed by atoms with van der Waals surface area (Å²) < 4.78 is 2.33. The molecule has 2 rings (SSSR count). The van der Waals surface area contributed by atoms with Crippen molar-refractivity contribution in [2.45, 2.75) is 33.2 Å². The predicted octanol–water partition coefficient (Wildman–Crippen LogP) is 1.45. The summed E-state index contributed by atoms with van der Waals surface area (Å²) in [5, 5.41) is 0. The summed E-state index contributed by atoms with van der Waals surface area (Å²) >= 11 is 0. The number of nitrogens with zero attached hydrogens (tertiary/aromatic N) is 2. The molecule has 0 N–H and O–H groups in total. The van der Waals surface area contributed by atoms with Crippen molar-refractivity contribution in [1.82, 2.24) is 9.55 Å². The van der Waals surface area contributed by atoms with Crippen molar-refractivity contribution >= 4 is 0 Å². The summed E-state index contributed by atoms with van der Waals surface area (Å²) in [6, 6.07) is 0. The lowest BCUT2D eigenvalue weighted by atomic mass is 10.3. The number of hydrogen-bond donors (Lipinski definition) is 0. The first-order valence-corrected chi connectivity index (χ1v) is 3.81. The van der Waals surface area contributed by atoms with Crippen molar-refractivity contribution in [3.05, 3.63) is 17.2 Å². The van der Waals surface area contributed by atoms with Crippen molar-refractivity contribution in [2.24, 2.45) is 0 Å². The second-order valence-electron chi connectivity index (χ2n) is 2.95. The fourth-order valence-corrected chi connectivity index (χ4v) is 1.61. The minimum Gasteiger partial charge on any atom is -0.332 e. The van der Waals surface area contributed by atoms with Gasteiger partial charge in [0.05, 0.1) is 5.69 Å². The van der Waals surface area contributed by atoms with Crippen LogP contribution < -0.4 is 0 Å². The normalized spacial score (nSPS) is 15.8. The zero-order chi connectivity index (χ0) is 7.14. The number of imidazole rings is 1. The molecule has 0 fully saturated rings. The Kier molecular flexibility index (Phi) is 1.10. The van der Waals surface area contributed by atoms with E-state index < -0.39 is 0 Å². The van der Waals surface area contributed by atoms with Crippen LogP contribution in [0.15, 0.2) is 0 Å². The van der Waals surface area contributed by atoms with Gasteiger partial charge in [0.15, 0.2) is 0 Å². The Morgan fingerprint density at radius 2 is 2.20 bits per heavy atom. The van der Waals surface area contributed by atoms with E-state index in [1.807, 2.05) is 0 Å². The highest BCUT2D eigenvalue weighted by molar-refractivity contribution is 5.16. The van der Waals surface area contributed by atoms with Gasteiger partial charge in [-0.25, -0.2) is 4.98 Å².